The minimum Gasteiger partial charge on any atom is -0.481 e. The van der Waals surface area contributed by atoms with Gasteiger partial charge < -0.3 is 10.1 Å². The SMILES string of the molecule is CCc1ccc([C@@H](C)NC(=O)[C@H](C)Oc2cccc(C)c2C)cc1. The van der Waals surface area contributed by atoms with Crippen molar-refractivity contribution in [1.82, 2.24) is 5.32 Å². The summed E-state index contributed by atoms with van der Waals surface area (Å²) in [6.07, 6.45) is 0.477. The highest BCUT2D eigenvalue weighted by Gasteiger charge is 2.18. The van der Waals surface area contributed by atoms with Crippen LogP contribution in [0.25, 0.3) is 0 Å². The van der Waals surface area contributed by atoms with Crippen molar-refractivity contribution in [3.8, 4) is 5.75 Å². The van der Waals surface area contributed by atoms with Gasteiger partial charge in [-0.15, -0.1) is 0 Å². The maximum absolute atomic E-state index is 12.4. The standard InChI is InChI=1S/C21H27NO2/c1-6-18-10-12-19(13-11-18)16(4)22-21(23)17(5)24-20-9-7-8-14(2)15(20)3/h7-13,16-17H,6H2,1-5H3,(H,22,23)/t16-,17+/m1/s1. The van der Waals surface area contributed by atoms with Gasteiger partial charge in [-0.3, -0.25) is 4.79 Å². The first-order valence-electron chi connectivity index (χ1n) is 8.54. The van der Waals surface area contributed by atoms with Crippen LogP contribution in [0.4, 0.5) is 0 Å². The monoisotopic (exact) mass is 325 g/mol. The molecule has 24 heavy (non-hydrogen) atoms. The molecule has 1 N–H and O–H groups in total. The van der Waals surface area contributed by atoms with Gasteiger partial charge in [-0.05, 0) is 62.4 Å². The fourth-order valence-electron chi connectivity index (χ4n) is 2.55. The minimum atomic E-state index is -0.539. The normalized spacial score (nSPS) is 13.2. The summed E-state index contributed by atoms with van der Waals surface area (Å²) in [6, 6.07) is 14.2. The number of amides is 1. The van der Waals surface area contributed by atoms with Gasteiger partial charge >= 0.3 is 0 Å². The highest BCUT2D eigenvalue weighted by Crippen LogP contribution is 2.22. The van der Waals surface area contributed by atoms with E-state index in [9.17, 15) is 4.79 Å². The summed E-state index contributed by atoms with van der Waals surface area (Å²) < 4.78 is 5.85. The van der Waals surface area contributed by atoms with Crippen molar-refractivity contribution < 1.29 is 9.53 Å². The van der Waals surface area contributed by atoms with Gasteiger partial charge in [-0.25, -0.2) is 0 Å². The van der Waals surface area contributed by atoms with Gasteiger partial charge in [0.1, 0.15) is 5.75 Å². The van der Waals surface area contributed by atoms with Gasteiger partial charge in [0.2, 0.25) is 0 Å². The van der Waals surface area contributed by atoms with Gasteiger partial charge in [0, 0.05) is 0 Å². The first kappa shape index (κ1) is 18.1. The van der Waals surface area contributed by atoms with E-state index in [2.05, 4.69) is 36.5 Å². The molecule has 2 rings (SSSR count). The van der Waals surface area contributed by atoms with Crippen molar-refractivity contribution in [2.75, 3.05) is 0 Å². The number of benzene rings is 2. The quantitative estimate of drug-likeness (QED) is 0.848. The van der Waals surface area contributed by atoms with Crippen LogP contribution < -0.4 is 10.1 Å². The second-order valence-electron chi connectivity index (χ2n) is 6.28. The molecule has 0 saturated heterocycles. The molecule has 3 nitrogen and oxygen atoms in total. The third-order valence-corrected chi connectivity index (χ3v) is 4.47. The molecule has 0 unspecified atom stereocenters. The second kappa shape index (κ2) is 8.00. The number of rotatable bonds is 6. The van der Waals surface area contributed by atoms with Crippen LogP contribution in [0, 0.1) is 13.8 Å². The average molecular weight is 325 g/mol. The highest BCUT2D eigenvalue weighted by molar-refractivity contribution is 5.81. The third kappa shape index (κ3) is 4.38. The van der Waals surface area contributed by atoms with Crippen LogP contribution in [0.1, 0.15) is 49.1 Å². The molecule has 128 valence electrons. The van der Waals surface area contributed by atoms with Crippen molar-refractivity contribution >= 4 is 5.91 Å². The van der Waals surface area contributed by atoms with Gasteiger partial charge in [-0.2, -0.15) is 0 Å². The Kier molecular flexibility index (Phi) is 6.02. The van der Waals surface area contributed by atoms with Crippen molar-refractivity contribution in [3.63, 3.8) is 0 Å². The average Bonchev–Trinajstić information content (AvgIpc) is 2.58. The lowest BCUT2D eigenvalue weighted by Crippen LogP contribution is -2.37. The van der Waals surface area contributed by atoms with E-state index >= 15 is 0 Å². The zero-order valence-electron chi connectivity index (χ0n) is 15.2. The van der Waals surface area contributed by atoms with Crippen molar-refractivity contribution in [3.05, 3.63) is 64.7 Å². The Balaban J connectivity index is 1.98. The summed E-state index contributed by atoms with van der Waals surface area (Å²) >= 11 is 0. The van der Waals surface area contributed by atoms with Gasteiger partial charge in [-0.1, -0.05) is 43.3 Å². The maximum atomic E-state index is 12.4. The Morgan fingerprint density at radius 3 is 2.38 bits per heavy atom. The molecule has 2 aromatic rings. The van der Waals surface area contributed by atoms with Crippen molar-refractivity contribution in [1.29, 1.82) is 0 Å². The predicted octanol–water partition coefficient (Wildman–Crippen LogP) is 4.51. The molecule has 0 aliphatic heterocycles. The van der Waals surface area contributed by atoms with Crippen molar-refractivity contribution in [2.24, 2.45) is 0 Å². The summed E-state index contributed by atoms with van der Waals surface area (Å²) in [4.78, 5) is 12.4. The molecule has 0 bridgehead atoms. The highest BCUT2D eigenvalue weighted by atomic mass is 16.5. The topological polar surface area (TPSA) is 38.3 Å². The van der Waals surface area contributed by atoms with Crippen LogP contribution in [0.5, 0.6) is 5.75 Å². The molecule has 0 aliphatic rings. The summed E-state index contributed by atoms with van der Waals surface area (Å²) in [5.41, 5.74) is 4.62. The lowest BCUT2D eigenvalue weighted by molar-refractivity contribution is -0.127. The number of ether oxygens (including phenoxy) is 1. The fourth-order valence-corrected chi connectivity index (χ4v) is 2.55. The molecule has 0 saturated carbocycles. The minimum absolute atomic E-state index is 0.0481. The summed E-state index contributed by atoms with van der Waals surface area (Å²) in [5.74, 6) is 0.653. The van der Waals surface area contributed by atoms with E-state index in [1.54, 1.807) is 6.92 Å². The number of nitrogens with one attached hydrogen (secondary N) is 1. The van der Waals surface area contributed by atoms with Gasteiger partial charge in [0.15, 0.2) is 6.10 Å². The molecule has 2 aromatic carbocycles. The Bertz CT molecular complexity index is 691. The zero-order chi connectivity index (χ0) is 17.7. The Morgan fingerprint density at radius 1 is 1.08 bits per heavy atom. The van der Waals surface area contributed by atoms with Crippen LogP contribution in [-0.2, 0) is 11.2 Å². The molecule has 2 atom stereocenters. The molecular formula is C21H27NO2. The maximum Gasteiger partial charge on any atom is 0.261 e. The smallest absolute Gasteiger partial charge is 0.261 e. The second-order valence-corrected chi connectivity index (χ2v) is 6.28. The number of hydrogen-bond acceptors (Lipinski definition) is 2. The van der Waals surface area contributed by atoms with E-state index in [0.717, 1.165) is 28.9 Å². The number of hydrogen-bond donors (Lipinski definition) is 1. The van der Waals surface area contributed by atoms with Crippen LogP contribution in [-0.4, -0.2) is 12.0 Å². The zero-order valence-corrected chi connectivity index (χ0v) is 15.2. The first-order chi connectivity index (χ1) is 11.4. The van der Waals surface area contributed by atoms with E-state index < -0.39 is 6.10 Å². The van der Waals surface area contributed by atoms with Crippen LogP contribution in [0.15, 0.2) is 42.5 Å². The number of carbonyl (C=O) groups is 1. The molecule has 3 heteroatoms. The Labute approximate surface area is 145 Å². The van der Waals surface area contributed by atoms with Crippen LogP contribution in [0.2, 0.25) is 0 Å². The predicted molar refractivity (Wildman–Crippen MR) is 98.4 cm³/mol. The van der Waals surface area contributed by atoms with E-state index in [-0.39, 0.29) is 11.9 Å². The summed E-state index contributed by atoms with van der Waals surface area (Å²) in [5, 5.41) is 3.02. The van der Waals surface area contributed by atoms with E-state index in [1.165, 1.54) is 5.56 Å². The van der Waals surface area contributed by atoms with Gasteiger partial charge in [0.25, 0.3) is 5.91 Å². The van der Waals surface area contributed by atoms with E-state index in [1.807, 2.05) is 39.0 Å². The number of carbonyl (C=O) groups excluding carboxylic acids is 1. The lowest BCUT2D eigenvalue weighted by atomic mass is 10.0. The van der Waals surface area contributed by atoms with Crippen LogP contribution >= 0.6 is 0 Å². The fraction of sp³-hybridized carbons (Fsp3) is 0.381. The lowest BCUT2D eigenvalue weighted by Gasteiger charge is -2.20. The molecule has 0 aromatic heterocycles. The summed E-state index contributed by atoms with van der Waals surface area (Å²) in [7, 11) is 0. The van der Waals surface area contributed by atoms with Gasteiger partial charge in [0.05, 0.1) is 6.04 Å². The molecule has 0 heterocycles. The van der Waals surface area contributed by atoms with Crippen molar-refractivity contribution in [2.45, 2.75) is 53.2 Å². The Morgan fingerprint density at radius 2 is 1.75 bits per heavy atom. The van der Waals surface area contributed by atoms with E-state index in [4.69, 9.17) is 4.74 Å². The molecule has 0 spiro atoms. The molecular weight excluding hydrogens is 298 g/mol. The summed E-state index contributed by atoms with van der Waals surface area (Å²) in [6.45, 7) is 9.95. The first-order valence-corrected chi connectivity index (χ1v) is 8.54. The number of aryl methyl sites for hydroxylation is 2. The largest absolute Gasteiger partial charge is 0.481 e. The molecule has 1 amide bonds. The molecule has 0 fully saturated rings. The Hall–Kier alpha value is -2.29. The molecule has 0 radical (unpaired) electrons. The van der Waals surface area contributed by atoms with E-state index in [0.29, 0.717) is 0 Å². The van der Waals surface area contributed by atoms with Crippen LogP contribution in [0.3, 0.4) is 0 Å². The molecule has 0 aliphatic carbocycles. The third-order valence-electron chi connectivity index (χ3n) is 4.47.